The fourth-order valence-corrected chi connectivity index (χ4v) is 2.99. The van der Waals surface area contributed by atoms with Crippen LogP contribution in [-0.4, -0.2) is 30.1 Å². The van der Waals surface area contributed by atoms with Gasteiger partial charge in [0.1, 0.15) is 0 Å². The molecule has 7 heteroatoms. The van der Waals surface area contributed by atoms with Crippen molar-refractivity contribution < 1.29 is 9.32 Å². The lowest BCUT2D eigenvalue weighted by molar-refractivity contribution is -0.117. The molecule has 2 N–H and O–H groups in total. The Bertz CT molecular complexity index is 782. The number of anilines is 1. The van der Waals surface area contributed by atoms with Crippen molar-refractivity contribution in [2.45, 2.75) is 46.2 Å². The first-order valence-electron chi connectivity index (χ1n) is 9.55. The molecule has 144 valence electrons. The topological polar surface area (TPSA) is 82.8 Å². The van der Waals surface area contributed by atoms with Crippen LogP contribution in [0.4, 0.5) is 5.69 Å². The summed E-state index contributed by atoms with van der Waals surface area (Å²) in [6.07, 6.45) is 2.44. The van der Waals surface area contributed by atoms with Crippen molar-refractivity contribution in [1.29, 1.82) is 0 Å². The van der Waals surface area contributed by atoms with Gasteiger partial charge < -0.3 is 20.1 Å². The molecule has 0 bridgehead atoms. The molecule has 0 saturated carbocycles. The second kappa shape index (κ2) is 9.21. The van der Waals surface area contributed by atoms with E-state index in [1.165, 1.54) is 0 Å². The average Bonchev–Trinajstić information content (AvgIpc) is 3.33. The number of aromatic nitrogens is 1. The molecule has 0 spiro atoms. The first-order valence-corrected chi connectivity index (χ1v) is 9.55. The van der Waals surface area contributed by atoms with Crippen molar-refractivity contribution >= 4 is 17.6 Å². The van der Waals surface area contributed by atoms with Crippen LogP contribution in [0.1, 0.15) is 43.7 Å². The second-order valence-corrected chi connectivity index (χ2v) is 6.50. The quantitative estimate of drug-likeness (QED) is 0.579. The van der Waals surface area contributed by atoms with Gasteiger partial charge in [-0.15, -0.1) is 0 Å². The highest BCUT2D eigenvalue weighted by molar-refractivity contribution is 5.95. The largest absolute Gasteiger partial charge is 0.359 e. The molecule has 2 aromatic rings. The normalized spacial score (nSPS) is 14.7. The van der Waals surface area contributed by atoms with Crippen LogP contribution in [0.3, 0.4) is 0 Å². The minimum atomic E-state index is 0.207. The lowest BCUT2D eigenvalue weighted by atomic mass is 10.2. The highest BCUT2D eigenvalue weighted by Gasteiger charge is 2.21. The van der Waals surface area contributed by atoms with Gasteiger partial charge in [-0.3, -0.25) is 4.79 Å². The van der Waals surface area contributed by atoms with E-state index in [0.29, 0.717) is 19.5 Å². The molecule has 27 heavy (non-hydrogen) atoms. The molecular weight excluding hydrogens is 342 g/mol. The third-order valence-corrected chi connectivity index (χ3v) is 4.49. The van der Waals surface area contributed by atoms with Crippen LogP contribution in [0.25, 0.3) is 0 Å². The van der Waals surface area contributed by atoms with Gasteiger partial charge in [-0.2, -0.15) is 0 Å². The summed E-state index contributed by atoms with van der Waals surface area (Å²) >= 11 is 0. The van der Waals surface area contributed by atoms with Gasteiger partial charge in [-0.05, 0) is 37.5 Å². The molecule has 1 aromatic heterocycles. The summed E-state index contributed by atoms with van der Waals surface area (Å²) in [6, 6.07) is 10.00. The highest BCUT2D eigenvalue weighted by Crippen LogP contribution is 2.21. The van der Waals surface area contributed by atoms with Crippen molar-refractivity contribution in [2.75, 3.05) is 18.0 Å². The van der Waals surface area contributed by atoms with Crippen LogP contribution < -0.4 is 15.5 Å². The van der Waals surface area contributed by atoms with Crippen LogP contribution in [0.2, 0.25) is 0 Å². The molecule has 0 radical (unpaired) electrons. The fourth-order valence-electron chi connectivity index (χ4n) is 2.99. The summed E-state index contributed by atoms with van der Waals surface area (Å²) < 4.78 is 5.29. The molecule has 1 fully saturated rings. The maximum Gasteiger partial charge on any atom is 0.227 e. The zero-order valence-corrected chi connectivity index (χ0v) is 16.0. The van der Waals surface area contributed by atoms with Crippen molar-refractivity contribution in [2.24, 2.45) is 4.99 Å². The third-order valence-electron chi connectivity index (χ3n) is 4.49. The third kappa shape index (κ3) is 5.09. The molecule has 0 unspecified atom stereocenters. The lowest BCUT2D eigenvalue weighted by Crippen LogP contribution is -2.36. The zero-order valence-electron chi connectivity index (χ0n) is 16.0. The summed E-state index contributed by atoms with van der Waals surface area (Å²) in [6.45, 7) is 6.76. The Morgan fingerprint density at radius 1 is 1.26 bits per heavy atom. The second-order valence-electron chi connectivity index (χ2n) is 6.50. The number of benzene rings is 1. The van der Waals surface area contributed by atoms with Gasteiger partial charge >= 0.3 is 0 Å². The molecule has 0 atom stereocenters. The molecule has 1 aliphatic rings. The van der Waals surface area contributed by atoms with Gasteiger partial charge in [-0.25, -0.2) is 4.99 Å². The molecule has 1 amide bonds. The van der Waals surface area contributed by atoms with Crippen molar-refractivity contribution in [3.05, 3.63) is 47.3 Å². The van der Waals surface area contributed by atoms with E-state index in [1.54, 1.807) is 0 Å². The summed E-state index contributed by atoms with van der Waals surface area (Å²) in [5.74, 6) is 1.72. The number of nitrogens with one attached hydrogen (secondary N) is 2. The Morgan fingerprint density at radius 3 is 2.70 bits per heavy atom. The summed E-state index contributed by atoms with van der Waals surface area (Å²) in [4.78, 5) is 18.3. The minimum absolute atomic E-state index is 0.207. The Labute approximate surface area is 159 Å². The summed E-state index contributed by atoms with van der Waals surface area (Å²) in [7, 11) is 0. The number of aryl methyl sites for hydroxylation is 1. The van der Waals surface area contributed by atoms with Gasteiger partial charge in [-0.1, -0.05) is 24.2 Å². The number of hydrogen-bond acceptors (Lipinski definition) is 4. The van der Waals surface area contributed by atoms with Crippen molar-refractivity contribution in [1.82, 2.24) is 15.8 Å². The van der Waals surface area contributed by atoms with Gasteiger partial charge in [0.25, 0.3) is 0 Å². The van der Waals surface area contributed by atoms with E-state index >= 15 is 0 Å². The predicted molar refractivity (Wildman–Crippen MR) is 106 cm³/mol. The monoisotopic (exact) mass is 369 g/mol. The molecule has 2 heterocycles. The Kier molecular flexibility index (Phi) is 6.46. The maximum absolute atomic E-state index is 11.8. The van der Waals surface area contributed by atoms with Crippen molar-refractivity contribution in [3.63, 3.8) is 0 Å². The molecule has 0 aliphatic carbocycles. The Hall–Kier alpha value is -2.83. The van der Waals surface area contributed by atoms with E-state index in [0.717, 1.165) is 54.6 Å². The molecule has 1 aromatic carbocycles. The summed E-state index contributed by atoms with van der Waals surface area (Å²) in [5, 5.41) is 10.5. The van der Waals surface area contributed by atoms with Gasteiger partial charge in [0.15, 0.2) is 11.7 Å². The Morgan fingerprint density at radius 2 is 2.07 bits per heavy atom. The summed E-state index contributed by atoms with van der Waals surface area (Å²) in [5.41, 5.74) is 3.01. The number of guanidine groups is 1. The number of rotatable bonds is 7. The number of aliphatic imine (C=N–C) groups is 1. The molecule has 7 nitrogen and oxygen atoms in total. The number of amides is 1. The standard InChI is InChI=1S/C20H27N5O2/c1-3-16-12-18(27-24-16)14-23-20(21-4-2)22-13-15-7-9-17(10-8-15)25-11-5-6-19(25)26/h7-10,12H,3-6,11,13-14H2,1-2H3,(H2,21,22,23). The van der Waals surface area contributed by atoms with Crippen LogP contribution in [0, 0.1) is 0 Å². The minimum Gasteiger partial charge on any atom is -0.359 e. The Balaban J connectivity index is 1.57. The zero-order chi connectivity index (χ0) is 19.1. The van der Waals surface area contributed by atoms with E-state index < -0.39 is 0 Å². The van der Waals surface area contributed by atoms with E-state index in [2.05, 4.69) is 20.8 Å². The molecule has 1 saturated heterocycles. The van der Waals surface area contributed by atoms with Crippen molar-refractivity contribution in [3.8, 4) is 0 Å². The first kappa shape index (κ1) is 18.9. The molecular formula is C20H27N5O2. The predicted octanol–water partition coefficient (Wildman–Crippen LogP) is 2.62. The van der Waals surface area contributed by atoms with Crippen LogP contribution in [0.5, 0.6) is 0 Å². The number of carbonyl (C=O) groups excluding carboxylic acids is 1. The van der Waals surface area contributed by atoms with E-state index in [9.17, 15) is 4.79 Å². The van der Waals surface area contributed by atoms with E-state index in [4.69, 9.17) is 4.52 Å². The lowest BCUT2D eigenvalue weighted by Gasteiger charge is -2.15. The van der Waals surface area contributed by atoms with E-state index in [1.807, 2.05) is 49.1 Å². The van der Waals surface area contributed by atoms with Crippen LogP contribution in [0.15, 0.2) is 39.8 Å². The molecule has 1 aliphatic heterocycles. The fraction of sp³-hybridized carbons (Fsp3) is 0.450. The van der Waals surface area contributed by atoms with Crippen LogP contribution in [-0.2, 0) is 24.3 Å². The first-order chi connectivity index (χ1) is 13.2. The molecule has 3 rings (SSSR count). The van der Waals surface area contributed by atoms with Gasteiger partial charge in [0.2, 0.25) is 5.91 Å². The smallest absolute Gasteiger partial charge is 0.227 e. The van der Waals surface area contributed by atoms with Gasteiger partial charge in [0, 0.05) is 31.3 Å². The number of carbonyl (C=O) groups is 1. The average molecular weight is 369 g/mol. The SMILES string of the molecule is CCNC(=NCc1ccc(N2CCCC2=O)cc1)NCc1cc(CC)no1. The van der Waals surface area contributed by atoms with E-state index in [-0.39, 0.29) is 5.91 Å². The number of hydrogen-bond donors (Lipinski definition) is 2. The highest BCUT2D eigenvalue weighted by atomic mass is 16.5. The van der Waals surface area contributed by atoms with Gasteiger partial charge in [0.05, 0.1) is 18.8 Å². The maximum atomic E-state index is 11.8. The number of nitrogens with zero attached hydrogens (tertiary/aromatic N) is 3. The van der Waals surface area contributed by atoms with Crippen LogP contribution >= 0.6 is 0 Å².